The Kier molecular flexibility index (Phi) is 10.9. The van der Waals surface area contributed by atoms with Crippen LogP contribution in [0.3, 0.4) is 0 Å². The number of aryl methyl sites for hydroxylation is 1. The molecular weight excluding hydrogens is 819 g/mol. The van der Waals surface area contributed by atoms with Gasteiger partial charge in [0.15, 0.2) is 5.75 Å². The molecule has 0 unspecified atom stereocenters. The van der Waals surface area contributed by atoms with Crippen LogP contribution in [0.4, 0.5) is 56.9 Å². The number of nitrogens with one attached hydrogen (secondary N) is 1. The molecule has 23 heteroatoms. The van der Waals surface area contributed by atoms with Crippen LogP contribution in [-0.2, 0) is 30.4 Å². The number of fused-ring (bicyclic) bond motifs is 1. The number of anilines is 4. The molecular formula is C35H29N9O11S3. The molecule has 0 aromatic heterocycles. The third-order valence-electron chi connectivity index (χ3n) is 8.11. The summed E-state index contributed by atoms with van der Waals surface area (Å²) in [6, 6.07) is 21.5. The highest BCUT2D eigenvalue weighted by atomic mass is 32.2. The second-order valence-corrected chi connectivity index (χ2v) is 16.4. The maximum atomic E-state index is 12.5. The standard InChI is InChI=1S/C35H29N9O11S3/c1-18-2-4-21(5-3-18)40-44-34-30(58(53,54)55)15-19-14-29(57(50,51)52)33(32(37)31(19)35(34)46)43-41-23-10-12-27(28(16-23)56(47,48)49)38-20-6-8-22(9-7-20)39-42-26-13-11-24(45)17-25(26)36/h2-17,38,45-46H,36-37H2,1H3,(H,47,48,49)(H,50,51,52)(H,53,54,55)/b42-39+,43-41+,44-40+. The number of phenols is 2. The van der Waals surface area contributed by atoms with Crippen molar-refractivity contribution in [2.24, 2.45) is 30.7 Å². The molecule has 0 saturated heterocycles. The summed E-state index contributed by atoms with van der Waals surface area (Å²) < 4.78 is 105. The lowest BCUT2D eigenvalue weighted by Crippen LogP contribution is -2.04. The van der Waals surface area contributed by atoms with Crippen LogP contribution in [0.2, 0.25) is 0 Å². The van der Waals surface area contributed by atoms with E-state index >= 15 is 0 Å². The van der Waals surface area contributed by atoms with E-state index in [1.54, 1.807) is 12.1 Å². The zero-order valence-electron chi connectivity index (χ0n) is 29.5. The van der Waals surface area contributed by atoms with E-state index in [1.165, 1.54) is 66.7 Å². The van der Waals surface area contributed by atoms with Gasteiger partial charge in [-0.3, -0.25) is 13.7 Å². The van der Waals surface area contributed by atoms with Crippen LogP contribution < -0.4 is 16.8 Å². The SMILES string of the molecule is Cc1ccc(/N=N/c2c(S(=O)(=O)O)cc3cc(S(=O)(=O)O)c(/N=N/c4ccc(Nc5ccc(/N=N/c6ccc(O)cc6N)cc5)c(S(=O)(=O)O)c4)c(N)c3c2O)cc1. The molecule has 6 aromatic rings. The third kappa shape index (κ3) is 9.04. The van der Waals surface area contributed by atoms with Gasteiger partial charge in [-0.05, 0) is 91.2 Å². The molecule has 0 bridgehead atoms. The van der Waals surface area contributed by atoms with E-state index in [1.807, 2.05) is 6.92 Å². The Morgan fingerprint density at radius 3 is 1.66 bits per heavy atom. The fourth-order valence-electron chi connectivity index (χ4n) is 5.33. The summed E-state index contributed by atoms with van der Waals surface area (Å²) >= 11 is 0. The predicted octanol–water partition coefficient (Wildman–Crippen LogP) is 8.45. The molecule has 10 N–H and O–H groups in total. The first-order chi connectivity index (χ1) is 27.2. The van der Waals surface area contributed by atoms with Gasteiger partial charge in [0.2, 0.25) is 0 Å². The zero-order chi connectivity index (χ0) is 42.2. The summed E-state index contributed by atoms with van der Waals surface area (Å²) in [6.45, 7) is 1.81. The molecule has 0 radical (unpaired) electrons. The van der Waals surface area contributed by atoms with E-state index < -0.39 is 78.6 Å². The van der Waals surface area contributed by atoms with Crippen molar-refractivity contribution in [2.45, 2.75) is 21.6 Å². The van der Waals surface area contributed by atoms with Crippen molar-refractivity contribution in [3.63, 3.8) is 0 Å². The number of azo groups is 3. The summed E-state index contributed by atoms with van der Waals surface area (Å²) in [6.07, 6.45) is 0. The van der Waals surface area contributed by atoms with E-state index in [0.717, 1.165) is 17.7 Å². The van der Waals surface area contributed by atoms with Crippen molar-refractivity contribution in [2.75, 3.05) is 16.8 Å². The molecule has 6 aromatic carbocycles. The molecule has 0 aliphatic carbocycles. The molecule has 0 atom stereocenters. The van der Waals surface area contributed by atoms with E-state index in [-0.39, 0.29) is 28.5 Å². The number of aromatic hydroxyl groups is 2. The molecule has 58 heavy (non-hydrogen) atoms. The quantitative estimate of drug-likeness (QED) is 0.0344. The van der Waals surface area contributed by atoms with Crippen molar-refractivity contribution in [3.05, 3.63) is 103 Å². The molecule has 0 aliphatic rings. The van der Waals surface area contributed by atoms with Crippen molar-refractivity contribution in [3.8, 4) is 11.5 Å². The van der Waals surface area contributed by atoms with Crippen molar-refractivity contribution < 1.29 is 49.1 Å². The van der Waals surface area contributed by atoms with Gasteiger partial charge < -0.3 is 27.0 Å². The number of nitrogen functional groups attached to an aromatic ring is 2. The minimum Gasteiger partial charge on any atom is -0.508 e. The Morgan fingerprint density at radius 1 is 0.552 bits per heavy atom. The maximum Gasteiger partial charge on any atom is 0.296 e. The van der Waals surface area contributed by atoms with E-state index in [9.17, 15) is 49.1 Å². The Bertz CT molecular complexity index is 3050. The van der Waals surface area contributed by atoms with Gasteiger partial charge in [-0.15, -0.1) is 15.3 Å². The highest BCUT2D eigenvalue weighted by molar-refractivity contribution is 7.86. The Morgan fingerprint density at radius 2 is 1.07 bits per heavy atom. The maximum absolute atomic E-state index is 12.5. The second-order valence-electron chi connectivity index (χ2n) is 12.3. The highest BCUT2D eigenvalue weighted by Gasteiger charge is 2.28. The molecule has 0 amide bonds. The number of nitrogens with two attached hydrogens (primary N) is 2. The van der Waals surface area contributed by atoms with Crippen molar-refractivity contribution >= 4 is 98.0 Å². The lowest BCUT2D eigenvalue weighted by molar-refractivity contribution is 0.472. The Balaban J connectivity index is 1.37. The van der Waals surface area contributed by atoms with Gasteiger partial charge in [-0.2, -0.15) is 40.6 Å². The second kappa shape index (κ2) is 15.6. The minimum absolute atomic E-state index is 0.0384. The first-order valence-electron chi connectivity index (χ1n) is 16.1. The van der Waals surface area contributed by atoms with Gasteiger partial charge in [-0.1, -0.05) is 17.7 Å². The molecule has 0 heterocycles. The Labute approximate surface area is 329 Å². The van der Waals surface area contributed by atoms with Crippen molar-refractivity contribution in [1.29, 1.82) is 0 Å². The smallest absolute Gasteiger partial charge is 0.296 e. The number of hydrogen-bond acceptors (Lipinski definition) is 17. The number of benzene rings is 6. The minimum atomic E-state index is -5.21. The topological polar surface area (TPSA) is 342 Å². The van der Waals surface area contributed by atoms with Crippen LogP contribution in [0.15, 0.2) is 142 Å². The van der Waals surface area contributed by atoms with Gasteiger partial charge in [0.1, 0.15) is 37.5 Å². The summed E-state index contributed by atoms with van der Waals surface area (Å²) in [4.78, 5) is -2.68. The predicted molar refractivity (Wildman–Crippen MR) is 212 cm³/mol. The fraction of sp³-hybridized carbons (Fsp3) is 0.0286. The first-order valence-corrected chi connectivity index (χ1v) is 20.5. The Hall–Kier alpha value is -6.89. The van der Waals surface area contributed by atoms with Crippen LogP contribution in [0.25, 0.3) is 10.8 Å². The number of phenolic OH excluding ortho intramolecular Hbond substituents is 2. The van der Waals surface area contributed by atoms with Gasteiger partial charge in [0.05, 0.1) is 39.5 Å². The van der Waals surface area contributed by atoms with Gasteiger partial charge in [-0.25, -0.2) is 0 Å². The van der Waals surface area contributed by atoms with Gasteiger partial charge in [0.25, 0.3) is 30.4 Å². The molecule has 6 rings (SSSR count). The van der Waals surface area contributed by atoms with Gasteiger partial charge >= 0.3 is 0 Å². The molecule has 0 aliphatic heterocycles. The molecule has 0 fully saturated rings. The summed E-state index contributed by atoms with van der Waals surface area (Å²) in [5.41, 5.74) is 11.8. The van der Waals surface area contributed by atoms with Crippen LogP contribution in [0.1, 0.15) is 5.56 Å². The summed E-state index contributed by atoms with van der Waals surface area (Å²) in [5.74, 6) is -1.01. The van der Waals surface area contributed by atoms with E-state index in [4.69, 9.17) is 11.5 Å². The van der Waals surface area contributed by atoms with Crippen molar-refractivity contribution in [1.82, 2.24) is 0 Å². The number of nitrogens with zero attached hydrogens (tertiary/aromatic N) is 6. The lowest BCUT2D eigenvalue weighted by Gasteiger charge is -2.14. The monoisotopic (exact) mass is 847 g/mol. The van der Waals surface area contributed by atoms with Crippen LogP contribution >= 0.6 is 0 Å². The largest absolute Gasteiger partial charge is 0.508 e. The van der Waals surface area contributed by atoms with E-state index in [0.29, 0.717) is 23.1 Å². The molecule has 0 spiro atoms. The molecule has 0 saturated carbocycles. The van der Waals surface area contributed by atoms with Crippen LogP contribution in [0, 0.1) is 6.92 Å². The fourth-order valence-corrected chi connectivity index (χ4v) is 7.33. The first kappa shape index (κ1) is 40.8. The zero-order valence-corrected chi connectivity index (χ0v) is 31.9. The molecule has 20 nitrogen and oxygen atoms in total. The van der Waals surface area contributed by atoms with Gasteiger partial charge in [0, 0.05) is 11.8 Å². The van der Waals surface area contributed by atoms with E-state index in [2.05, 4.69) is 36.0 Å². The summed E-state index contributed by atoms with van der Waals surface area (Å²) in [5, 5.41) is 46.3. The average Bonchev–Trinajstić information content (AvgIpc) is 3.14. The number of hydrogen-bond donors (Lipinski definition) is 8. The normalized spacial score (nSPS) is 12.6. The lowest BCUT2D eigenvalue weighted by atomic mass is 10.1. The molecule has 298 valence electrons. The third-order valence-corrected chi connectivity index (χ3v) is 10.7. The van der Waals surface area contributed by atoms with Crippen LogP contribution in [0.5, 0.6) is 11.5 Å². The van der Waals surface area contributed by atoms with Crippen LogP contribution in [-0.4, -0.2) is 49.1 Å². The highest BCUT2D eigenvalue weighted by Crippen LogP contribution is 2.48. The number of rotatable bonds is 11. The average molecular weight is 848 g/mol. The summed E-state index contributed by atoms with van der Waals surface area (Å²) in [7, 11) is -15.3.